The van der Waals surface area contributed by atoms with Crippen LogP contribution in [0.4, 0.5) is 0 Å². The highest BCUT2D eigenvalue weighted by Gasteiger charge is 2.20. The van der Waals surface area contributed by atoms with Crippen LogP contribution in [0.15, 0.2) is 22.9 Å². The van der Waals surface area contributed by atoms with Crippen molar-refractivity contribution in [2.24, 2.45) is 0 Å². The minimum atomic E-state index is 0.528. The third kappa shape index (κ3) is 1.99. The fourth-order valence-electron chi connectivity index (χ4n) is 1.54. The Kier molecular flexibility index (Phi) is 2.25. The van der Waals surface area contributed by atoms with Gasteiger partial charge in [0.05, 0.1) is 11.4 Å². The van der Waals surface area contributed by atoms with E-state index >= 15 is 0 Å². The highest BCUT2D eigenvalue weighted by molar-refractivity contribution is 5.11. The van der Waals surface area contributed by atoms with E-state index in [1.165, 1.54) is 12.8 Å². The average molecular weight is 218 g/mol. The topological polar surface area (TPSA) is 55.9 Å². The third-order valence-corrected chi connectivity index (χ3v) is 2.61. The normalized spacial score (nSPS) is 15.6. The Morgan fingerprint density at radius 1 is 1.56 bits per heavy atom. The van der Waals surface area contributed by atoms with Gasteiger partial charge in [0.25, 0.3) is 0 Å². The van der Waals surface area contributed by atoms with Gasteiger partial charge in [0.1, 0.15) is 6.26 Å². The van der Waals surface area contributed by atoms with E-state index < -0.39 is 0 Å². The largest absolute Gasteiger partial charge is 0.430 e. The van der Waals surface area contributed by atoms with Crippen LogP contribution in [0, 0.1) is 6.92 Å². The molecule has 3 rings (SSSR count). The van der Waals surface area contributed by atoms with E-state index in [0.717, 1.165) is 17.9 Å². The zero-order valence-corrected chi connectivity index (χ0v) is 9.18. The number of hydrogen-bond donors (Lipinski definition) is 1. The molecule has 0 atom stereocenters. The summed E-state index contributed by atoms with van der Waals surface area (Å²) in [5.74, 6) is 0. The number of nitrogens with zero attached hydrogens (tertiary/aromatic N) is 3. The highest BCUT2D eigenvalue weighted by Crippen LogP contribution is 2.19. The molecule has 0 spiro atoms. The van der Waals surface area contributed by atoms with Gasteiger partial charge >= 0.3 is 6.01 Å². The summed E-state index contributed by atoms with van der Waals surface area (Å²) in [4.78, 5) is 4.36. The zero-order chi connectivity index (χ0) is 11.0. The zero-order valence-electron chi connectivity index (χ0n) is 9.18. The van der Waals surface area contributed by atoms with Crippen molar-refractivity contribution >= 4 is 0 Å². The summed E-state index contributed by atoms with van der Waals surface area (Å²) < 4.78 is 7.01. The molecular formula is C11H14N4O. The standard InChI is InChI=1S/C11H14N4O/c1-8-4-5-15(14-8)11-13-10(7-16-11)6-12-9-2-3-9/h4-5,7,9,12H,2-3,6H2,1H3. The summed E-state index contributed by atoms with van der Waals surface area (Å²) in [5, 5.41) is 7.63. The number of nitrogens with one attached hydrogen (secondary N) is 1. The lowest BCUT2D eigenvalue weighted by Gasteiger charge is -1.96. The van der Waals surface area contributed by atoms with Crippen molar-refractivity contribution in [3.8, 4) is 6.01 Å². The first kappa shape index (κ1) is 9.59. The second kappa shape index (κ2) is 3.75. The third-order valence-electron chi connectivity index (χ3n) is 2.61. The summed E-state index contributed by atoms with van der Waals surface area (Å²) in [6.45, 7) is 2.71. The molecule has 0 radical (unpaired) electrons. The summed E-state index contributed by atoms with van der Waals surface area (Å²) in [7, 11) is 0. The van der Waals surface area contributed by atoms with Gasteiger partial charge in [-0.15, -0.1) is 0 Å². The second-order valence-corrected chi connectivity index (χ2v) is 4.18. The molecule has 5 heteroatoms. The average Bonchev–Trinajstić information content (AvgIpc) is 2.81. The summed E-state index contributed by atoms with van der Waals surface area (Å²) >= 11 is 0. The molecular weight excluding hydrogens is 204 g/mol. The molecule has 2 aromatic heterocycles. The molecule has 1 aliphatic carbocycles. The van der Waals surface area contributed by atoms with E-state index in [1.54, 1.807) is 10.9 Å². The second-order valence-electron chi connectivity index (χ2n) is 4.18. The monoisotopic (exact) mass is 218 g/mol. The number of aromatic nitrogens is 3. The minimum Gasteiger partial charge on any atom is -0.430 e. The molecule has 84 valence electrons. The molecule has 5 nitrogen and oxygen atoms in total. The van der Waals surface area contributed by atoms with Crippen molar-refractivity contribution in [2.45, 2.75) is 32.4 Å². The van der Waals surface area contributed by atoms with Gasteiger partial charge in [0.2, 0.25) is 0 Å². The van der Waals surface area contributed by atoms with Crippen LogP contribution in [-0.2, 0) is 6.54 Å². The van der Waals surface area contributed by atoms with Crippen LogP contribution in [0.3, 0.4) is 0 Å². The van der Waals surface area contributed by atoms with Crippen LogP contribution in [-0.4, -0.2) is 20.8 Å². The van der Waals surface area contributed by atoms with E-state index in [-0.39, 0.29) is 0 Å². The number of rotatable bonds is 4. The molecule has 2 aromatic rings. The summed E-state index contributed by atoms with van der Waals surface area (Å²) in [5.41, 5.74) is 1.88. The fraction of sp³-hybridized carbons (Fsp3) is 0.455. The van der Waals surface area contributed by atoms with E-state index in [2.05, 4.69) is 15.4 Å². The molecule has 0 aliphatic heterocycles. The Hall–Kier alpha value is -1.62. The van der Waals surface area contributed by atoms with E-state index in [1.807, 2.05) is 19.2 Å². The summed E-state index contributed by atoms with van der Waals surface area (Å²) in [6.07, 6.45) is 6.09. The first-order valence-corrected chi connectivity index (χ1v) is 5.52. The first-order chi connectivity index (χ1) is 7.81. The molecule has 0 aromatic carbocycles. The molecule has 1 saturated carbocycles. The van der Waals surface area contributed by atoms with Crippen molar-refractivity contribution in [1.82, 2.24) is 20.1 Å². The Bertz CT molecular complexity index is 484. The molecule has 0 saturated heterocycles. The summed E-state index contributed by atoms with van der Waals surface area (Å²) in [6, 6.07) is 3.14. The van der Waals surface area contributed by atoms with Gasteiger partial charge in [0.15, 0.2) is 0 Å². The molecule has 1 fully saturated rings. The van der Waals surface area contributed by atoms with Gasteiger partial charge in [-0.1, -0.05) is 0 Å². The fourth-order valence-corrected chi connectivity index (χ4v) is 1.54. The lowest BCUT2D eigenvalue weighted by molar-refractivity contribution is 0.508. The SMILES string of the molecule is Cc1ccn(-c2nc(CNC3CC3)co2)n1. The molecule has 1 aliphatic rings. The van der Waals surface area contributed by atoms with Crippen LogP contribution in [0.25, 0.3) is 6.01 Å². The maximum Gasteiger partial charge on any atom is 0.322 e. The molecule has 1 N–H and O–H groups in total. The van der Waals surface area contributed by atoms with E-state index in [4.69, 9.17) is 4.42 Å². The predicted molar refractivity (Wildman–Crippen MR) is 58.2 cm³/mol. The number of hydrogen-bond acceptors (Lipinski definition) is 4. The van der Waals surface area contributed by atoms with Crippen molar-refractivity contribution < 1.29 is 4.42 Å². The lowest BCUT2D eigenvalue weighted by Crippen LogP contribution is -2.15. The Balaban J connectivity index is 1.71. The Morgan fingerprint density at radius 2 is 2.44 bits per heavy atom. The van der Waals surface area contributed by atoms with Gasteiger partial charge in [-0.2, -0.15) is 14.8 Å². The van der Waals surface area contributed by atoms with Gasteiger partial charge < -0.3 is 9.73 Å². The van der Waals surface area contributed by atoms with Gasteiger partial charge in [0, 0.05) is 18.8 Å². The van der Waals surface area contributed by atoms with Gasteiger partial charge in [-0.25, -0.2) is 0 Å². The minimum absolute atomic E-state index is 0.528. The smallest absolute Gasteiger partial charge is 0.322 e. The molecule has 2 heterocycles. The van der Waals surface area contributed by atoms with E-state index in [9.17, 15) is 0 Å². The van der Waals surface area contributed by atoms with Crippen LogP contribution in [0.5, 0.6) is 0 Å². The maximum atomic E-state index is 5.37. The maximum absolute atomic E-state index is 5.37. The number of aryl methyl sites for hydroxylation is 1. The van der Waals surface area contributed by atoms with Gasteiger partial charge in [-0.3, -0.25) is 0 Å². The molecule has 0 amide bonds. The van der Waals surface area contributed by atoms with Crippen molar-refractivity contribution in [3.63, 3.8) is 0 Å². The molecule has 0 bridgehead atoms. The Labute approximate surface area is 93.5 Å². The quantitative estimate of drug-likeness (QED) is 0.843. The highest BCUT2D eigenvalue weighted by atomic mass is 16.4. The lowest BCUT2D eigenvalue weighted by atomic mass is 10.5. The molecule has 16 heavy (non-hydrogen) atoms. The Morgan fingerprint density at radius 3 is 3.12 bits per heavy atom. The first-order valence-electron chi connectivity index (χ1n) is 5.52. The van der Waals surface area contributed by atoms with E-state index in [0.29, 0.717) is 12.1 Å². The van der Waals surface area contributed by atoms with Crippen LogP contribution >= 0.6 is 0 Å². The van der Waals surface area contributed by atoms with Gasteiger partial charge in [-0.05, 0) is 25.8 Å². The van der Waals surface area contributed by atoms with Crippen LogP contribution in [0.2, 0.25) is 0 Å². The number of oxazole rings is 1. The predicted octanol–water partition coefficient (Wildman–Crippen LogP) is 1.42. The van der Waals surface area contributed by atoms with Crippen molar-refractivity contribution in [1.29, 1.82) is 0 Å². The van der Waals surface area contributed by atoms with Crippen LogP contribution < -0.4 is 5.32 Å². The van der Waals surface area contributed by atoms with Crippen molar-refractivity contribution in [3.05, 3.63) is 29.9 Å². The van der Waals surface area contributed by atoms with Crippen molar-refractivity contribution in [2.75, 3.05) is 0 Å². The molecule has 0 unspecified atom stereocenters. The van der Waals surface area contributed by atoms with Crippen LogP contribution in [0.1, 0.15) is 24.2 Å².